The van der Waals surface area contributed by atoms with Crippen molar-refractivity contribution in [1.29, 1.82) is 0 Å². The Kier molecular flexibility index (Phi) is 7.74. The number of carbonyl (C=O) groups is 1. The van der Waals surface area contributed by atoms with E-state index in [1.807, 2.05) is 27.7 Å². The first-order valence-corrected chi connectivity index (χ1v) is 11.8. The van der Waals surface area contributed by atoms with Gasteiger partial charge in [0.05, 0.1) is 11.7 Å². The number of aromatic nitrogens is 3. The highest BCUT2D eigenvalue weighted by Gasteiger charge is 2.27. The highest BCUT2D eigenvalue weighted by Crippen LogP contribution is 2.32. The normalized spacial score (nSPS) is 15.3. The quantitative estimate of drug-likeness (QED) is 0.628. The molecule has 3 rings (SSSR count). The summed E-state index contributed by atoms with van der Waals surface area (Å²) in [6.07, 6.45) is 6.45. The van der Waals surface area contributed by atoms with E-state index in [0.29, 0.717) is 18.2 Å². The van der Waals surface area contributed by atoms with E-state index in [1.54, 1.807) is 7.05 Å². The molecule has 0 spiro atoms. The first-order chi connectivity index (χ1) is 15.3. The first kappa shape index (κ1) is 24.0. The van der Waals surface area contributed by atoms with Gasteiger partial charge in [0.1, 0.15) is 23.1 Å². The SMILES string of the molecule is CCc1nn(-c2cc(OC(C)C3CCCC3)c(C(=O)NC(CC)CC)cc2F)c(=O)n1C. The second kappa shape index (κ2) is 10.3. The third-order valence-electron chi connectivity index (χ3n) is 6.61. The molecule has 0 saturated heterocycles. The molecule has 1 saturated carbocycles. The number of ether oxygens (including phenoxy) is 1. The number of nitrogens with zero attached hydrogens (tertiary/aromatic N) is 3. The van der Waals surface area contributed by atoms with Crippen LogP contribution in [0.4, 0.5) is 4.39 Å². The van der Waals surface area contributed by atoms with Crippen LogP contribution in [0.2, 0.25) is 0 Å². The summed E-state index contributed by atoms with van der Waals surface area (Å²) in [6.45, 7) is 7.86. The average molecular weight is 447 g/mol. The highest BCUT2D eigenvalue weighted by atomic mass is 19.1. The molecule has 1 aliphatic rings. The van der Waals surface area contributed by atoms with Gasteiger partial charge in [0.25, 0.3) is 5.91 Å². The molecule has 1 fully saturated rings. The van der Waals surface area contributed by atoms with Crippen molar-refractivity contribution in [2.45, 2.75) is 84.8 Å². The molecular formula is C24H35FN4O3. The highest BCUT2D eigenvalue weighted by molar-refractivity contribution is 5.97. The standard InChI is InChI=1S/C24H35FN4O3/c1-6-17(7-2)26-23(30)18-13-19(25)20(29-24(31)28(5)22(8-3)27-29)14-21(18)32-15(4)16-11-9-10-12-16/h13-17H,6-12H2,1-5H3,(H,26,30). The molecule has 8 heteroatoms. The van der Waals surface area contributed by atoms with Gasteiger partial charge in [-0.25, -0.2) is 9.18 Å². The Morgan fingerprint density at radius 2 is 1.91 bits per heavy atom. The molecule has 7 nitrogen and oxygen atoms in total. The Balaban J connectivity index is 2.05. The van der Waals surface area contributed by atoms with E-state index in [-0.39, 0.29) is 35.1 Å². The van der Waals surface area contributed by atoms with E-state index in [0.717, 1.165) is 49.3 Å². The second-order valence-electron chi connectivity index (χ2n) is 8.68. The van der Waals surface area contributed by atoms with Gasteiger partial charge >= 0.3 is 5.69 Å². The fourth-order valence-corrected chi connectivity index (χ4v) is 4.40. The minimum absolute atomic E-state index is 0.00383. The lowest BCUT2D eigenvalue weighted by Crippen LogP contribution is -2.34. The molecule has 1 aliphatic carbocycles. The first-order valence-electron chi connectivity index (χ1n) is 11.8. The number of benzene rings is 1. The molecule has 1 amide bonds. The number of hydrogen-bond donors (Lipinski definition) is 1. The number of hydrogen-bond acceptors (Lipinski definition) is 4. The molecule has 176 valence electrons. The Bertz CT molecular complexity index is 1000. The van der Waals surface area contributed by atoms with Crippen molar-refractivity contribution in [1.82, 2.24) is 19.7 Å². The molecule has 0 radical (unpaired) electrons. The summed E-state index contributed by atoms with van der Waals surface area (Å²) in [7, 11) is 1.61. The van der Waals surface area contributed by atoms with Crippen molar-refractivity contribution in [2.24, 2.45) is 13.0 Å². The zero-order valence-electron chi connectivity index (χ0n) is 19.8. The number of nitrogens with one attached hydrogen (secondary N) is 1. The lowest BCUT2D eigenvalue weighted by molar-refractivity contribution is 0.0922. The van der Waals surface area contributed by atoms with Crippen molar-refractivity contribution < 1.29 is 13.9 Å². The molecule has 1 aromatic heterocycles. The third-order valence-corrected chi connectivity index (χ3v) is 6.61. The maximum atomic E-state index is 15.2. The minimum Gasteiger partial charge on any atom is -0.490 e. The van der Waals surface area contributed by atoms with Crippen molar-refractivity contribution in [3.8, 4) is 11.4 Å². The average Bonchev–Trinajstić information content (AvgIpc) is 3.42. The summed E-state index contributed by atoms with van der Waals surface area (Å²) >= 11 is 0. The molecule has 1 aromatic carbocycles. The van der Waals surface area contributed by atoms with Crippen LogP contribution in [0.1, 0.15) is 82.4 Å². The smallest absolute Gasteiger partial charge is 0.350 e. The fraction of sp³-hybridized carbons (Fsp3) is 0.625. The van der Waals surface area contributed by atoms with E-state index < -0.39 is 11.5 Å². The zero-order chi connectivity index (χ0) is 23.4. The van der Waals surface area contributed by atoms with Gasteiger partial charge in [0.2, 0.25) is 0 Å². The van der Waals surface area contributed by atoms with E-state index in [9.17, 15) is 9.59 Å². The lowest BCUT2D eigenvalue weighted by Gasteiger charge is -2.23. The fourth-order valence-electron chi connectivity index (χ4n) is 4.40. The van der Waals surface area contributed by atoms with Crippen LogP contribution in [0.5, 0.6) is 5.75 Å². The van der Waals surface area contributed by atoms with Gasteiger partial charge in [0, 0.05) is 25.6 Å². The van der Waals surface area contributed by atoms with Crippen LogP contribution >= 0.6 is 0 Å². The summed E-state index contributed by atoms with van der Waals surface area (Å²) in [5, 5.41) is 7.24. The number of halogens is 1. The maximum absolute atomic E-state index is 15.2. The predicted molar refractivity (Wildman–Crippen MR) is 122 cm³/mol. The summed E-state index contributed by atoms with van der Waals surface area (Å²) in [5.41, 5.74) is -0.314. The van der Waals surface area contributed by atoms with E-state index in [4.69, 9.17) is 4.74 Å². The molecule has 0 bridgehead atoms. The molecule has 1 atom stereocenters. The van der Waals surface area contributed by atoms with Gasteiger partial charge < -0.3 is 10.1 Å². The van der Waals surface area contributed by atoms with Crippen molar-refractivity contribution in [3.63, 3.8) is 0 Å². The summed E-state index contributed by atoms with van der Waals surface area (Å²) in [5.74, 6) is 0.151. The summed E-state index contributed by atoms with van der Waals surface area (Å²) < 4.78 is 23.9. The van der Waals surface area contributed by atoms with Crippen LogP contribution in [-0.2, 0) is 13.5 Å². The second-order valence-corrected chi connectivity index (χ2v) is 8.68. The number of amides is 1. The summed E-state index contributed by atoms with van der Waals surface area (Å²) in [6, 6.07) is 2.60. The number of aryl methyl sites for hydroxylation is 1. The van der Waals surface area contributed by atoms with Crippen molar-refractivity contribution in [2.75, 3.05) is 0 Å². The van der Waals surface area contributed by atoms with E-state index in [1.165, 1.54) is 10.6 Å². The van der Waals surface area contributed by atoms with Gasteiger partial charge in [-0.2, -0.15) is 4.68 Å². The zero-order valence-corrected chi connectivity index (χ0v) is 19.8. The van der Waals surface area contributed by atoms with Crippen LogP contribution in [-0.4, -0.2) is 32.4 Å². The maximum Gasteiger partial charge on any atom is 0.350 e. The van der Waals surface area contributed by atoms with Gasteiger partial charge in [-0.1, -0.05) is 33.6 Å². The van der Waals surface area contributed by atoms with E-state index in [2.05, 4.69) is 10.4 Å². The van der Waals surface area contributed by atoms with Gasteiger partial charge in [-0.05, 0) is 44.6 Å². The van der Waals surface area contributed by atoms with Crippen LogP contribution in [0.3, 0.4) is 0 Å². The summed E-state index contributed by atoms with van der Waals surface area (Å²) in [4.78, 5) is 25.7. The number of rotatable bonds is 9. The van der Waals surface area contributed by atoms with Crippen molar-refractivity contribution >= 4 is 5.91 Å². The third kappa shape index (κ3) is 4.89. The minimum atomic E-state index is -0.691. The van der Waals surface area contributed by atoms with Gasteiger partial charge in [-0.3, -0.25) is 9.36 Å². The predicted octanol–water partition coefficient (Wildman–Crippen LogP) is 4.15. The monoisotopic (exact) mass is 446 g/mol. The van der Waals surface area contributed by atoms with Crippen LogP contribution in [0, 0.1) is 11.7 Å². The topological polar surface area (TPSA) is 78.2 Å². The Morgan fingerprint density at radius 3 is 2.47 bits per heavy atom. The van der Waals surface area contributed by atoms with Crippen LogP contribution < -0.4 is 15.7 Å². The molecule has 32 heavy (non-hydrogen) atoms. The number of carbonyl (C=O) groups excluding carboxylic acids is 1. The Hall–Kier alpha value is -2.64. The van der Waals surface area contributed by atoms with Gasteiger partial charge in [-0.15, -0.1) is 5.10 Å². The molecule has 0 aliphatic heterocycles. The molecule has 1 N–H and O–H groups in total. The Morgan fingerprint density at radius 1 is 1.25 bits per heavy atom. The van der Waals surface area contributed by atoms with Crippen molar-refractivity contribution in [3.05, 3.63) is 39.8 Å². The lowest BCUT2D eigenvalue weighted by atomic mass is 10.0. The molecule has 1 heterocycles. The Labute approximate surface area is 189 Å². The van der Waals surface area contributed by atoms with Crippen LogP contribution in [0.15, 0.2) is 16.9 Å². The molecule has 1 unspecified atom stereocenters. The van der Waals surface area contributed by atoms with Gasteiger partial charge in [0.15, 0.2) is 0 Å². The molecular weight excluding hydrogens is 411 g/mol. The van der Waals surface area contributed by atoms with E-state index >= 15 is 4.39 Å². The largest absolute Gasteiger partial charge is 0.490 e. The molecule has 2 aromatic rings. The van der Waals surface area contributed by atoms with Crippen LogP contribution in [0.25, 0.3) is 5.69 Å².